The van der Waals surface area contributed by atoms with Crippen molar-refractivity contribution in [2.45, 2.75) is 32.2 Å². The molecule has 2 N–H and O–H groups in total. The Morgan fingerprint density at radius 2 is 2.04 bits per heavy atom. The fourth-order valence-electron chi connectivity index (χ4n) is 4.13. The van der Waals surface area contributed by atoms with Gasteiger partial charge >= 0.3 is 6.03 Å². The zero-order valence-corrected chi connectivity index (χ0v) is 14.5. The summed E-state index contributed by atoms with van der Waals surface area (Å²) in [5, 5.41) is 4.02. The molecule has 1 aromatic carbocycles. The van der Waals surface area contributed by atoms with Gasteiger partial charge in [0.15, 0.2) is 0 Å². The maximum atomic E-state index is 12.7. The Morgan fingerprint density at radius 3 is 2.76 bits per heavy atom. The topological polar surface area (TPSA) is 68.4 Å². The normalized spacial score (nSPS) is 18.8. The molecule has 2 aromatic rings. The van der Waals surface area contributed by atoms with E-state index in [0.717, 1.165) is 50.1 Å². The predicted molar refractivity (Wildman–Crippen MR) is 96.4 cm³/mol. The Labute approximate surface area is 147 Å². The Morgan fingerprint density at radius 1 is 1.24 bits per heavy atom. The molecule has 2 saturated heterocycles. The number of amides is 3. The lowest BCUT2D eigenvalue weighted by molar-refractivity contribution is -0.131. The van der Waals surface area contributed by atoms with Gasteiger partial charge in [-0.15, -0.1) is 0 Å². The number of aromatic nitrogens is 1. The lowest BCUT2D eigenvalue weighted by Gasteiger charge is -2.36. The molecule has 0 spiro atoms. The maximum Gasteiger partial charge on any atom is 0.317 e. The van der Waals surface area contributed by atoms with E-state index in [2.05, 4.69) is 23.3 Å². The van der Waals surface area contributed by atoms with Crippen LogP contribution in [0.5, 0.6) is 0 Å². The highest BCUT2D eigenvalue weighted by atomic mass is 16.2. The number of hydrogen-bond acceptors (Lipinski definition) is 2. The molecule has 4 rings (SSSR count). The lowest BCUT2D eigenvalue weighted by Crippen LogP contribution is -2.48. The van der Waals surface area contributed by atoms with Gasteiger partial charge in [-0.3, -0.25) is 4.79 Å². The van der Waals surface area contributed by atoms with E-state index in [1.54, 1.807) is 0 Å². The van der Waals surface area contributed by atoms with Gasteiger partial charge in [0.1, 0.15) is 0 Å². The number of H-pyrrole nitrogens is 1. The van der Waals surface area contributed by atoms with E-state index in [0.29, 0.717) is 6.42 Å². The molecule has 0 saturated carbocycles. The number of piperidine rings is 1. The highest BCUT2D eigenvalue weighted by Gasteiger charge is 2.31. The van der Waals surface area contributed by atoms with Gasteiger partial charge in [0, 0.05) is 49.3 Å². The standard InChI is InChI=1S/C19H24N4O2/c1-13-3-2-4-16-18(13)14(12-21-16)11-17(24)22-8-5-15(6-9-22)23-10-7-20-19(23)25/h2-4,12,15,21H,5-11H2,1H3,(H,20,25). The molecule has 6 nitrogen and oxygen atoms in total. The first kappa shape index (κ1) is 16.0. The van der Waals surface area contributed by atoms with E-state index in [9.17, 15) is 9.59 Å². The summed E-state index contributed by atoms with van der Waals surface area (Å²) in [7, 11) is 0. The number of nitrogens with one attached hydrogen (secondary N) is 2. The molecular formula is C19H24N4O2. The summed E-state index contributed by atoms with van der Waals surface area (Å²) >= 11 is 0. The van der Waals surface area contributed by atoms with E-state index in [1.165, 1.54) is 10.9 Å². The van der Waals surface area contributed by atoms with Crippen LogP contribution in [0.15, 0.2) is 24.4 Å². The number of carbonyl (C=O) groups is 2. The van der Waals surface area contributed by atoms with Crippen LogP contribution in [-0.4, -0.2) is 58.9 Å². The third-order valence-corrected chi connectivity index (χ3v) is 5.49. The third kappa shape index (κ3) is 2.97. The number of carbonyl (C=O) groups excluding carboxylic acids is 2. The van der Waals surface area contributed by atoms with E-state index in [1.807, 2.05) is 28.1 Å². The summed E-state index contributed by atoms with van der Waals surface area (Å²) in [6.45, 7) is 5.06. The number of urea groups is 1. The van der Waals surface area contributed by atoms with Crippen LogP contribution in [0.4, 0.5) is 4.79 Å². The molecule has 6 heteroatoms. The Bertz CT molecular complexity index is 805. The van der Waals surface area contributed by atoms with Crippen LogP contribution in [0.25, 0.3) is 10.9 Å². The predicted octanol–water partition coefficient (Wildman–Crippen LogP) is 2.04. The summed E-state index contributed by atoms with van der Waals surface area (Å²) in [5.41, 5.74) is 3.35. The number of fused-ring (bicyclic) bond motifs is 1. The van der Waals surface area contributed by atoms with Gasteiger partial charge in [0.2, 0.25) is 5.91 Å². The second kappa shape index (κ2) is 6.43. The van der Waals surface area contributed by atoms with Crippen molar-refractivity contribution in [1.29, 1.82) is 0 Å². The Kier molecular flexibility index (Phi) is 4.11. The van der Waals surface area contributed by atoms with Crippen LogP contribution in [-0.2, 0) is 11.2 Å². The van der Waals surface area contributed by atoms with Gasteiger partial charge in [0.25, 0.3) is 0 Å². The van der Waals surface area contributed by atoms with Crippen LogP contribution < -0.4 is 5.32 Å². The van der Waals surface area contributed by atoms with Crippen LogP contribution >= 0.6 is 0 Å². The summed E-state index contributed by atoms with van der Waals surface area (Å²) < 4.78 is 0. The van der Waals surface area contributed by atoms with Crippen molar-refractivity contribution in [3.63, 3.8) is 0 Å². The highest BCUT2D eigenvalue weighted by Crippen LogP contribution is 2.24. The Hall–Kier alpha value is -2.50. The molecule has 132 valence electrons. The first-order chi connectivity index (χ1) is 12.1. The SMILES string of the molecule is Cc1cccc2[nH]cc(CC(=O)N3CCC(N4CCNC4=O)CC3)c12. The zero-order valence-electron chi connectivity index (χ0n) is 14.5. The van der Waals surface area contributed by atoms with Gasteiger partial charge in [-0.25, -0.2) is 4.79 Å². The number of aryl methyl sites for hydroxylation is 1. The minimum atomic E-state index is 0.0408. The molecule has 1 aromatic heterocycles. The molecule has 25 heavy (non-hydrogen) atoms. The number of likely N-dealkylation sites (tertiary alicyclic amines) is 1. The van der Waals surface area contributed by atoms with E-state index in [4.69, 9.17) is 0 Å². The van der Waals surface area contributed by atoms with Crippen molar-refractivity contribution < 1.29 is 9.59 Å². The summed E-state index contributed by atoms with van der Waals surface area (Å²) in [6.07, 6.45) is 4.12. The highest BCUT2D eigenvalue weighted by molar-refractivity contribution is 5.91. The monoisotopic (exact) mass is 340 g/mol. The number of rotatable bonds is 3. The average molecular weight is 340 g/mol. The minimum Gasteiger partial charge on any atom is -0.361 e. The van der Waals surface area contributed by atoms with Gasteiger partial charge in [-0.05, 0) is 37.0 Å². The van der Waals surface area contributed by atoms with Gasteiger partial charge in [-0.1, -0.05) is 12.1 Å². The van der Waals surface area contributed by atoms with Crippen LogP contribution in [0.3, 0.4) is 0 Å². The molecular weight excluding hydrogens is 316 g/mol. The molecule has 3 amide bonds. The fraction of sp³-hybridized carbons (Fsp3) is 0.474. The van der Waals surface area contributed by atoms with Crippen molar-refractivity contribution in [3.8, 4) is 0 Å². The molecule has 0 unspecified atom stereocenters. The van der Waals surface area contributed by atoms with Crippen LogP contribution in [0, 0.1) is 6.92 Å². The summed E-state index contributed by atoms with van der Waals surface area (Å²) in [6, 6.07) is 6.46. The van der Waals surface area contributed by atoms with Gasteiger partial charge < -0.3 is 20.1 Å². The fourth-order valence-corrected chi connectivity index (χ4v) is 4.13. The third-order valence-electron chi connectivity index (χ3n) is 5.49. The van der Waals surface area contributed by atoms with Crippen molar-refractivity contribution >= 4 is 22.8 Å². The van der Waals surface area contributed by atoms with Gasteiger partial charge in [-0.2, -0.15) is 0 Å². The second-order valence-electron chi connectivity index (χ2n) is 7.03. The van der Waals surface area contributed by atoms with Crippen LogP contribution in [0.2, 0.25) is 0 Å². The van der Waals surface area contributed by atoms with E-state index >= 15 is 0 Å². The molecule has 2 aliphatic rings. The minimum absolute atomic E-state index is 0.0408. The maximum absolute atomic E-state index is 12.7. The molecule has 3 heterocycles. The molecule has 2 aliphatic heterocycles. The van der Waals surface area contributed by atoms with E-state index < -0.39 is 0 Å². The van der Waals surface area contributed by atoms with Crippen molar-refractivity contribution in [2.75, 3.05) is 26.2 Å². The molecule has 2 fully saturated rings. The second-order valence-corrected chi connectivity index (χ2v) is 7.03. The molecule has 0 aliphatic carbocycles. The van der Waals surface area contributed by atoms with E-state index in [-0.39, 0.29) is 18.0 Å². The molecule has 0 atom stereocenters. The van der Waals surface area contributed by atoms with Crippen molar-refractivity contribution in [1.82, 2.24) is 20.1 Å². The number of benzene rings is 1. The first-order valence-electron chi connectivity index (χ1n) is 9.01. The number of nitrogens with zero attached hydrogens (tertiary/aromatic N) is 2. The quantitative estimate of drug-likeness (QED) is 0.898. The molecule has 0 radical (unpaired) electrons. The smallest absolute Gasteiger partial charge is 0.317 e. The summed E-state index contributed by atoms with van der Waals surface area (Å²) in [4.78, 5) is 31.7. The lowest BCUT2D eigenvalue weighted by atomic mass is 10.0. The Balaban J connectivity index is 1.40. The van der Waals surface area contributed by atoms with Crippen LogP contribution in [0.1, 0.15) is 24.0 Å². The summed E-state index contributed by atoms with van der Waals surface area (Å²) in [5.74, 6) is 0.175. The van der Waals surface area contributed by atoms with Gasteiger partial charge in [0.05, 0.1) is 6.42 Å². The largest absolute Gasteiger partial charge is 0.361 e. The first-order valence-corrected chi connectivity index (χ1v) is 9.01. The molecule has 0 bridgehead atoms. The van der Waals surface area contributed by atoms with Crippen molar-refractivity contribution in [2.24, 2.45) is 0 Å². The number of aromatic amines is 1. The van der Waals surface area contributed by atoms with Crippen molar-refractivity contribution in [3.05, 3.63) is 35.5 Å². The zero-order chi connectivity index (χ0) is 17.4. The average Bonchev–Trinajstić information content (AvgIpc) is 3.22. The number of hydrogen-bond donors (Lipinski definition) is 2.